The predicted octanol–water partition coefficient (Wildman–Crippen LogP) is 4.47. The molecule has 128 valence electrons. The molecule has 1 heterocycles. The molecule has 0 saturated heterocycles. The van der Waals surface area contributed by atoms with Crippen molar-refractivity contribution in [2.75, 3.05) is 0 Å². The Morgan fingerprint density at radius 1 is 1.24 bits per heavy atom. The number of rotatable bonds is 4. The summed E-state index contributed by atoms with van der Waals surface area (Å²) in [5.41, 5.74) is 12.3. The molecule has 25 heavy (non-hydrogen) atoms. The average molecular weight is 391 g/mol. The molecule has 2 aromatic carbocycles. The van der Waals surface area contributed by atoms with E-state index in [2.05, 4.69) is 34.2 Å². The van der Waals surface area contributed by atoms with Crippen molar-refractivity contribution in [1.29, 1.82) is 0 Å². The summed E-state index contributed by atoms with van der Waals surface area (Å²) < 4.78 is 2.22. The molecule has 0 atom stereocenters. The van der Waals surface area contributed by atoms with Crippen molar-refractivity contribution in [2.45, 2.75) is 13.5 Å². The van der Waals surface area contributed by atoms with Gasteiger partial charge in [0.2, 0.25) is 0 Å². The van der Waals surface area contributed by atoms with Gasteiger partial charge in [0.15, 0.2) is 5.11 Å². The highest BCUT2D eigenvalue weighted by Gasteiger charge is 2.13. The van der Waals surface area contributed by atoms with Crippen LogP contribution in [0.15, 0.2) is 47.6 Å². The van der Waals surface area contributed by atoms with Crippen molar-refractivity contribution < 1.29 is 0 Å². The third-order valence-electron chi connectivity index (χ3n) is 3.97. The standard InChI is InChI=1S/C18H16Cl2N4S/c1-11-14(9-22-23-18(21)25)13-4-2-3-5-17(13)24(11)10-12-6-7-15(19)16(20)8-12/h2-9H,10H2,1H3,(H3,21,23,25). The van der Waals surface area contributed by atoms with E-state index < -0.39 is 0 Å². The molecule has 0 aliphatic heterocycles. The monoisotopic (exact) mass is 390 g/mol. The van der Waals surface area contributed by atoms with E-state index in [0.717, 1.165) is 27.7 Å². The predicted molar refractivity (Wildman–Crippen MR) is 110 cm³/mol. The van der Waals surface area contributed by atoms with Crippen LogP contribution in [0.1, 0.15) is 16.8 Å². The zero-order chi connectivity index (χ0) is 18.0. The Morgan fingerprint density at radius 3 is 2.72 bits per heavy atom. The number of hydrogen-bond donors (Lipinski definition) is 2. The summed E-state index contributed by atoms with van der Waals surface area (Å²) in [6, 6.07) is 13.8. The van der Waals surface area contributed by atoms with Gasteiger partial charge in [0.25, 0.3) is 0 Å². The van der Waals surface area contributed by atoms with E-state index in [9.17, 15) is 0 Å². The second-order valence-corrected chi connectivity index (χ2v) is 6.84. The third-order valence-corrected chi connectivity index (χ3v) is 4.80. The smallest absolute Gasteiger partial charge is 0.184 e. The minimum absolute atomic E-state index is 0.133. The van der Waals surface area contributed by atoms with Gasteiger partial charge in [-0.15, -0.1) is 0 Å². The van der Waals surface area contributed by atoms with Crippen LogP contribution in [0.3, 0.4) is 0 Å². The van der Waals surface area contributed by atoms with Gasteiger partial charge in [0, 0.05) is 28.7 Å². The Hall–Kier alpha value is -2.08. The maximum Gasteiger partial charge on any atom is 0.184 e. The van der Waals surface area contributed by atoms with Crippen LogP contribution in [0.4, 0.5) is 0 Å². The average Bonchev–Trinajstić information content (AvgIpc) is 2.84. The highest BCUT2D eigenvalue weighted by Crippen LogP contribution is 2.27. The molecular weight excluding hydrogens is 375 g/mol. The number of halogens is 2. The van der Waals surface area contributed by atoms with Gasteiger partial charge in [0.1, 0.15) is 0 Å². The Labute approximate surface area is 161 Å². The van der Waals surface area contributed by atoms with Crippen LogP contribution >= 0.6 is 35.4 Å². The molecule has 0 fully saturated rings. The number of hydrazone groups is 1. The van der Waals surface area contributed by atoms with Crippen molar-refractivity contribution in [3.63, 3.8) is 0 Å². The maximum atomic E-state index is 6.15. The lowest BCUT2D eigenvalue weighted by atomic mass is 10.1. The summed E-state index contributed by atoms with van der Waals surface area (Å²) in [5, 5.41) is 6.45. The van der Waals surface area contributed by atoms with E-state index in [1.165, 1.54) is 0 Å². The van der Waals surface area contributed by atoms with E-state index in [1.54, 1.807) is 6.21 Å². The molecule has 7 heteroatoms. The molecule has 0 aliphatic rings. The fourth-order valence-electron chi connectivity index (χ4n) is 2.81. The molecular formula is C18H16Cl2N4S. The quantitative estimate of drug-likeness (QED) is 0.392. The van der Waals surface area contributed by atoms with Crippen molar-refractivity contribution >= 4 is 57.6 Å². The van der Waals surface area contributed by atoms with Crippen molar-refractivity contribution in [3.8, 4) is 0 Å². The van der Waals surface area contributed by atoms with Crippen molar-refractivity contribution in [3.05, 3.63) is 69.3 Å². The highest BCUT2D eigenvalue weighted by atomic mass is 35.5. The van der Waals surface area contributed by atoms with Gasteiger partial charge >= 0.3 is 0 Å². The summed E-state index contributed by atoms with van der Waals surface area (Å²) in [6.07, 6.45) is 1.74. The minimum Gasteiger partial charge on any atom is -0.375 e. The van der Waals surface area contributed by atoms with Gasteiger partial charge in [-0.05, 0) is 42.9 Å². The van der Waals surface area contributed by atoms with Crippen LogP contribution in [0.25, 0.3) is 10.9 Å². The lowest BCUT2D eigenvalue weighted by Gasteiger charge is -2.09. The molecule has 3 N–H and O–H groups in total. The van der Waals surface area contributed by atoms with Crippen LogP contribution in [0, 0.1) is 6.92 Å². The van der Waals surface area contributed by atoms with E-state index in [0.29, 0.717) is 16.6 Å². The zero-order valence-electron chi connectivity index (χ0n) is 13.5. The summed E-state index contributed by atoms with van der Waals surface area (Å²) in [5.74, 6) is 0. The first-order valence-electron chi connectivity index (χ1n) is 7.57. The molecule has 0 unspecified atom stereocenters. The van der Waals surface area contributed by atoms with E-state index >= 15 is 0 Å². The summed E-state index contributed by atoms with van der Waals surface area (Å²) in [4.78, 5) is 0. The number of nitrogens with zero attached hydrogens (tertiary/aromatic N) is 2. The van der Waals surface area contributed by atoms with E-state index in [1.807, 2.05) is 30.3 Å². The van der Waals surface area contributed by atoms with Crippen LogP contribution in [-0.4, -0.2) is 15.9 Å². The Morgan fingerprint density at radius 2 is 2.00 bits per heavy atom. The first-order chi connectivity index (χ1) is 12.0. The van der Waals surface area contributed by atoms with E-state index in [4.69, 9.17) is 41.2 Å². The lowest BCUT2D eigenvalue weighted by Crippen LogP contribution is -2.24. The van der Waals surface area contributed by atoms with Crippen LogP contribution in [-0.2, 0) is 6.54 Å². The van der Waals surface area contributed by atoms with Gasteiger partial charge in [-0.3, -0.25) is 5.43 Å². The SMILES string of the molecule is Cc1c(C=NNC(N)=S)c2ccccc2n1Cc1ccc(Cl)c(Cl)c1. The molecule has 4 nitrogen and oxygen atoms in total. The second-order valence-electron chi connectivity index (χ2n) is 5.59. The normalized spacial score (nSPS) is 11.3. The van der Waals surface area contributed by atoms with Gasteiger partial charge in [-0.25, -0.2) is 0 Å². The molecule has 0 aliphatic carbocycles. The van der Waals surface area contributed by atoms with Crippen LogP contribution < -0.4 is 11.2 Å². The van der Waals surface area contributed by atoms with Gasteiger partial charge < -0.3 is 10.3 Å². The summed E-state index contributed by atoms with van der Waals surface area (Å²) in [6.45, 7) is 2.74. The molecule has 1 aromatic heterocycles. The Bertz CT molecular complexity index is 979. The first kappa shape index (κ1) is 17.7. The summed E-state index contributed by atoms with van der Waals surface area (Å²) in [7, 11) is 0. The molecule has 0 spiro atoms. The Kier molecular flexibility index (Phi) is 5.27. The molecule has 0 bridgehead atoms. The molecule has 3 aromatic rings. The second kappa shape index (κ2) is 7.44. The molecule has 3 rings (SSSR count). The van der Waals surface area contributed by atoms with E-state index in [-0.39, 0.29) is 5.11 Å². The topological polar surface area (TPSA) is 55.3 Å². The largest absolute Gasteiger partial charge is 0.375 e. The molecule has 0 radical (unpaired) electrons. The maximum absolute atomic E-state index is 6.15. The first-order valence-corrected chi connectivity index (χ1v) is 8.74. The van der Waals surface area contributed by atoms with Gasteiger partial charge in [0.05, 0.1) is 16.3 Å². The number of nitrogens with one attached hydrogen (secondary N) is 1. The fourth-order valence-corrected chi connectivity index (χ4v) is 3.18. The number of thiocarbonyl (C=S) groups is 1. The van der Waals surface area contributed by atoms with Gasteiger partial charge in [-0.2, -0.15) is 5.10 Å². The lowest BCUT2D eigenvalue weighted by molar-refractivity contribution is 0.804. The zero-order valence-corrected chi connectivity index (χ0v) is 15.8. The molecule has 0 amide bonds. The number of para-hydroxylation sites is 1. The van der Waals surface area contributed by atoms with Crippen molar-refractivity contribution in [2.24, 2.45) is 10.8 Å². The summed E-state index contributed by atoms with van der Waals surface area (Å²) >= 11 is 16.9. The highest BCUT2D eigenvalue weighted by molar-refractivity contribution is 7.80. The number of fused-ring (bicyclic) bond motifs is 1. The van der Waals surface area contributed by atoms with Crippen molar-refractivity contribution in [1.82, 2.24) is 9.99 Å². The molecule has 0 saturated carbocycles. The number of hydrogen-bond acceptors (Lipinski definition) is 2. The number of nitrogens with two attached hydrogens (primary N) is 1. The van der Waals surface area contributed by atoms with Gasteiger partial charge in [-0.1, -0.05) is 47.5 Å². The minimum atomic E-state index is 0.133. The number of aromatic nitrogens is 1. The third kappa shape index (κ3) is 3.79. The number of benzene rings is 2. The van der Waals surface area contributed by atoms with Crippen LogP contribution in [0.5, 0.6) is 0 Å². The Balaban J connectivity index is 2.05. The van der Waals surface area contributed by atoms with Crippen LogP contribution in [0.2, 0.25) is 10.0 Å². The fraction of sp³-hybridized carbons (Fsp3) is 0.111.